The van der Waals surface area contributed by atoms with Gasteiger partial charge in [-0.05, 0) is 52.6 Å². The largest absolute Gasteiger partial charge is 0.356 e. The molecule has 4 heteroatoms. The van der Waals surface area contributed by atoms with Crippen molar-refractivity contribution in [1.29, 1.82) is 0 Å². The number of carbonyl (C=O) groups excluding carboxylic acids is 1. The first kappa shape index (κ1) is 16.4. The third-order valence-electron chi connectivity index (χ3n) is 3.42. The van der Waals surface area contributed by atoms with E-state index in [2.05, 4.69) is 43.2 Å². The first-order valence-electron chi connectivity index (χ1n) is 7.61. The van der Waals surface area contributed by atoms with Crippen LogP contribution in [0.2, 0.25) is 0 Å². The van der Waals surface area contributed by atoms with Crippen LogP contribution >= 0.6 is 0 Å². The highest BCUT2D eigenvalue weighted by Crippen LogP contribution is 2.09. The van der Waals surface area contributed by atoms with Crippen molar-refractivity contribution in [2.75, 3.05) is 32.7 Å². The molecule has 0 saturated carbocycles. The second-order valence-electron chi connectivity index (χ2n) is 6.84. The minimum Gasteiger partial charge on any atom is -0.356 e. The summed E-state index contributed by atoms with van der Waals surface area (Å²) in [4.78, 5) is 14.2. The Hall–Kier alpha value is -0.610. The van der Waals surface area contributed by atoms with Crippen LogP contribution in [0.1, 0.15) is 47.0 Å². The van der Waals surface area contributed by atoms with Crippen LogP contribution in [0.5, 0.6) is 0 Å². The molecule has 1 atom stereocenters. The van der Waals surface area contributed by atoms with Gasteiger partial charge in [0.2, 0.25) is 5.91 Å². The Labute approximate surface area is 118 Å². The summed E-state index contributed by atoms with van der Waals surface area (Å²) in [7, 11) is 0. The van der Waals surface area contributed by atoms with Crippen LogP contribution in [0.4, 0.5) is 0 Å². The Bertz CT molecular complexity index is 267. The Kier molecular flexibility index (Phi) is 6.80. The van der Waals surface area contributed by atoms with E-state index in [0.29, 0.717) is 12.3 Å². The van der Waals surface area contributed by atoms with Gasteiger partial charge in [-0.3, -0.25) is 4.79 Å². The van der Waals surface area contributed by atoms with E-state index >= 15 is 0 Å². The molecule has 112 valence electrons. The average Bonchev–Trinajstić information content (AvgIpc) is 2.77. The van der Waals surface area contributed by atoms with Gasteiger partial charge in [0.25, 0.3) is 0 Å². The van der Waals surface area contributed by atoms with Crippen molar-refractivity contribution < 1.29 is 4.79 Å². The number of rotatable bonds is 7. The lowest BCUT2D eigenvalue weighted by Gasteiger charge is -2.21. The average molecular weight is 269 g/mol. The topological polar surface area (TPSA) is 44.4 Å². The number of hydrogen-bond donors (Lipinski definition) is 2. The van der Waals surface area contributed by atoms with Gasteiger partial charge < -0.3 is 15.5 Å². The highest BCUT2D eigenvalue weighted by atomic mass is 16.1. The third-order valence-corrected chi connectivity index (χ3v) is 3.42. The van der Waals surface area contributed by atoms with E-state index in [-0.39, 0.29) is 11.4 Å². The SMILES string of the molecule is CC(CNC(=O)CCNC(C)(C)C)CN1CCCC1. The number of carbonyl (C=O) groups is 1. The predicted octanol–water partition coefficient (Wildman–Crippen LogP) is 1.61. The van der Waals surface area contributed by atoms with E-state index in [4.69, 9.17) is 0 Å². The van der Waals surface area contributed by atoms with Crippen LogP contribution in [0.15, 0.2) is 0 Å². The lowest BCUT2D eigenvalue weighted by atomic mass is 10.1. The maximum Gasteiger partial charge on any atom is 0.221 e. The number of hydrogen-bond acceptors (Lipinski definition) is 3. The summed E-state index contributed by atoms with van der Waals surface area (Å²) < 4.78 is 0. The highest BCUT2D eigenvalue weighted by molar-refractivity contribution is 5.76. The van der Waals surface area contributed by atoms with E-state index in [9.17, 15) is 4.79 Å². The van der Waals surface area contributed by atoms with Gasteiger partial charge in [-0.2, -0.15) is 0 Å². The quantitative estimate of drug-likeness (QED) is 0.738. The summed E-state index contributed by atoms with van der Waals surface area (Å²) in [6.07, 6.45) is 3.23. The normalized spacial score (nSPS) is 18.5. The van der Waals surface area contributed by atoms with Crippen molar-refractivity contribution in [3.8, 4) is 0 Å². The zero-order chi connectivity index (χ0) is 14.3. The van der Waals surface area contributed by atoms with Crippen molar-refractivity contribution in [1.82, 2.24) is 15.5 Å². The van der Waals surface area contributed by atoms with Crippen LogP contribution in [0.25, 0.3) is 0 Å². The third kappa shape index (κ3) is 8.22. The molecule has 0 aromatic rings. The van der Waals surface area contributed by atoms with Crippen molar-refractivity contribution >= 4 is 5.91 Å². The van der Waals surface area contributed by atoms with Crippen LogP contribution in [-0.4, -0.2) is 49.1 Å². The van der Waals surface area contributed by atoms with E-state index in [1.54, 1.807) is 0 Å². The van der Waals surface area contributed by atoms with Crippen molar-refractivity contribution in [3.05, 3.63) is 0 Å². The molecule has 1 saturated heterocycles. The maximum absolute atomic E-state index is 11.7. The molecule has 0 radical (unpaired) electrons. The molecule has 19 heavy (non-hydrogen) atoms. The highest BCUT2D eigenvalue weighted by Gasteiger charge is 2.15. The van der Waals surface area contributed by atoms with Gasteiger partial charge in [-0.15, -0.1) is 0 Å². The molecule has 0 aliphatic carbocycles. The maximum atomic E-state index is 11.7. The molecule has 1 unspecified atom stereocenters. The number of nitrogens with zero attached hydrogens (tertiary/aromatic N) is 1. The van der Waals surface area contributed by atoms with Gasteiger partial charge in [0.05, 0.1) is 0 Å². The Morgan fingerprint density at radius 1 is 1.26 bits per heavy atom. The smallest absolute Gasteiger partial charge is 0.221 e. The molecule has 0 spiro atoms. The molecule has 0 aromatic heterocycles. The lowest BCUT2D eigenvalue weighted by molar-refractivity contribution is -0.121. The minimum absolute atomic E-state index is 0.0866. The molecule has 1 aliphatic rings. The molecule has 1 rings (SSSR count). The Morgan fingerprint density at radius 2 is 1.89 bits per heavy atom. The lowest BCUT2D eigenvalue weighted by Crippen LogP contribution is -2.39. The zero-order valence-corrected chi connectivity index (χ0v) is 13.1. The second kappa shape index (κ2) is 7.85. The second-order valence-corrected chi connectivity index (χ2v) is 6.84. The molecule has 4 nitrogen and oxygen atoms in total. The molecule has 0 bridgehead atoms. The summed E-state index contributed by atoms with van der Waals surface area (Å²) in [6.45, 7) is 13.7. The Morgan fingerprint density at radius 3 is 2.47 bits per heavy atom. The molecule has 2 N–H and O–H groups in total. The van der Waals surface area contributed by atoms with E-state index in [1.807, 2.05) is 0 Å². The zero-order valence-electron chi connectivity index (χ0n) is 13.1. The molecular weight excluding hydrogens is 238 g/mol. The Balaban J connectivity index is 2.05. The summed E-state index contributed by atoms with van der Waals surface area (Å²) in [5.41, 5.74) is 0.0866. The molecule has 1 amide bonds. The van der Waals surface area contributed by atoms with Crippen LogP contribution in [0, 0.1) is 5.92 Å². The van der Waals surface area contributed by atoms with Gasteiger partial charge in [0, 0.05) is 31.6 Å². The van der Waals surface area contributed by atoms with Gasteiger partial charge in [0.1, 0.15) is 0 Å². The number of likely N-dealkylation sites (tertiary alicyclic amines) is 1. The van der Waals surface area contributed by atoms with Crippen molar-refractivity contribution in [3.63, 3.8) is 0 Å². The van der Waals surface area contributed by atoms with Gasteiger partial charge in [0.15, 0.2) is 0 Å². The number of amides is 1. The molecule has 0 aromatic carbocycles. The fourth-order valence-corrected chi connectivity index (χ4v) is 2.40. The van der Waals surface area contributed by atoms with Gasteiger partial charge in [-0.1, -0.05) is 6.92 Å². The van der Waals surface area contributed by atoms with E-state index in [0.717, 1.165) is 19.6 Å². The fraction of sp³-hybridized carbons (Fsp3) is 0.933. The molecule has 1 aliphatic heterocycles. The fourth-order valence-electron chi connectivity index (χ4n) is 2.40. The first-order valence-corrected chi connectivity index (χ1v) is 7.61. The standard InChI is InChI=1S/C15H31N3O/c1-13(12-18-9-5-6-10-18)11-16-14(19)7-8-17-15(2,3)4/h13,17H,5-12H2,1-4H3,(H,16,19). The van der Waals surface area contributed by atoms with Crippen LogP contribution in [-0.2, 0) is 4.79 Å². The van der Waals surface area contributed by atoms with Crippen molar-refractivity contribution in [2.45, 2.75) is 52.5 Å². The molecule has 1 fully saturated rings. The summed E-state index contributed by atoms with van der Waals surface area (Å²) >= 11 is 0. The molecule has 1 heterocycles. The number of nitrogens with one attached hydrogen (secondary N) is 2. The predicted molar refractivity (Wildman–Crippen MR) is 80.2 cm³/mol. The molecular formula is C15H31N3O. The van der Waals surface area contributed by atoms with Crippen LogP contribution in [0.3, 0.4) is 0 Å². The first-order chi connectivity index (χ1) is 8.87. The summed E-state index contributed by atoms with van der Waals surface area (Å²) in [5.74, 6) is 0.697. The van der Waals surface area contributed by atoms with Crippen molar-refractivity contribution in [2.24, 2.45) is 5.92 Å². The van der Waals surface area contributed by atoms with Gasteiger partial charge >= 0.3 is 0 Å². The van der Waals surface area contributed by atoms with Crippen LogP contribution < -0.4 is 10.6 Å². The minimum atomic E-state index is 0.0866. The summed E-state index contributed by atoms with van der Waals surface area (Å²) in [5, 5.41) is 6.37. The summed E-state index contributed by atoms with van der Waals surface area (Å²) in [6, 6.07) is 0. The van der Waals surface area contributed by atoms with E-state index in [1.165, 1.54) is 25.9 Å². The van der Waals surface area contributed by atoms with Gasteiger partial charge in [-0.25, -0.2) is 0 Å². The van der Waals surface area contributed by atoms with E-state index < -0.39 is 0 Å². The monoisotopic (exact) mass is 269 g/mol.